The van der Waals surface area contributed by atoms with Crippen LogP contribution in [0.5, 0.6) is 0 Å². The topological polar surface area (TPSA) is 140 Å². The van der Waals surface area contributed by atoms with Gasteiger partial charge in [-0.1, -0.05) is 124 Å². The van der Waals surface area contributed by atoms with E-state index in [1.54, 1.807) is 0 Å². The quantitative estimate of drug-likeness (QED) is 0.0711. The summed E-state index contributed by atoms with van der Waals surface area (Å²) in [6.07, 6.45) is 2.04. The number of unbranched alkanes of at least 4 members (excludes halogenated alkanes) is 6. The minimum atomic E-state index is -1.06. The first kappa shape index (κ1) is 54.6. The Balaban J connectivity index is 1.44. The van der Waals surface area contributed by atoms with E-state index < -0.39 is 80.1 Å². The molecule has 4 heterocycles. The minimum Gasteiger partial charge on any atom is -0.387 e. The van der Waals surface area contributed by atoms with Gasteiger partial charge < -0.3 is 66.7 Å². The summed E-state index contributed by atoms with van der Waals surface area (Å²) in [5.41, 5.74) is 0.867. The molecule has 0 aliphatic carbocycles. The lowest BCUT2D eigenvalue weighted by Gasteiger charge is -2.52. The van der Waals surface area contributed by atoms with Crippen LogP contribution in [0, 0.1) is 11.8 Å². The molecule has 376 valence electrons. The van der Waals surface area contributed by atoms with Crippen molar-refractivity contribution in [3.05, 3.63) is 35.9 Å². The van der Waals surface area contributed by atoms with E-state index in [1.165, 1.54) is 0 Å². The molecule has 1 N–H and O–H groups in total. The number of fused-ring (bicyclic) bond motifs is 1. The summed E-state index contributed by atoms with van der Waals surface area (Å²) in [5, 5.41) is 12.1. The van der Waals surface area contributed by atoms with Crippen LogP contribution in [0.15, 0.2) is 30.3 Å². The maximum atomic E-state index is 12.1. The highest BCUT2D eigenvalue weighted by atomic mass is 16.8. The van der Waals surface area contributed by atoms with Crippen molar-refractivity contribution in [2.45, 2.75) is 219 Å². The number of aliphatic hydroxyl groups is 1. The van der Waals surface area contributed by atoms with E-state index in [4.69, 9.17) is 61.6 Å². The lowest BCUT2D eigenvalue weighted by molar-refractivity contribution is -0.394. The molecule has 1 aromatic carbocycles. The van der Waals surface area contributed by atoms with Crippen LogP contribution in [0.25, 0.3) is 0 Å². The van der Waals surface area contributed by atoms with Gasteiger partial charge in [0.25, 0.3) is 0 Å². The molecule has 65 heavy (non-hydrogen) atoms. The number of ether oxygens (including phenoxy) is 13. The van der Waals surface area contributed by atoms with Crippen molar-refractivity contribution >= 4 is 0 Å². The monoisotopic (exact) mass is 925 g/mol. The second-order valence-corrected chi connectivity index (χ2v) is 18.4. The summed E-state index contributed by atoms with van der Waals surface area (Å²) in [6, 6.07) is 9.74. The first-order valence-electron chi connectivity index (χ1n) is 25.7. The summed E-state index contributed by atoms with van der Waals surface area (Å²) in [7, 11) is 0. The van der Waals surface area contributed by atoms with Gasteiger partial charge in [0.05, 0.1) is 32.0 Å². The molecule has 4 aliphatic rings. The Morgan fingerprint density at radius 2 is 0.969 bits per heavy atom. The van der Waals surface area contributed by atoms with Gasteiger partial charge in [-0.15, -0.1) is 0 Å². The van der Waals surface area contributed by atoms with Crippen molar-refractivity contribution in [1.29, 1.82) is 0 Å². The third kappa shape index (κ3) is 16.1. The van der Waals surface area contributed by atoms with Crippen molar-refractivity contribution < 1.29 is 66.7 Å². The Kier molecular flexibility index (Phi) is 25.5. The number of benzene rings is 1. The lowest BCUT2D eigenvalue weighted by atomic mass is 9.89. The molecule has 0 saturated carbocycles. The summed E-state index contributed by atoms with van der Waals surface area (Å²) < 4.78 is 86.6. The molecule has 4 aliphatic heterocycles. The van der Waals surface area contributed by atoms with Crippen LogP contribution < -0.4 is 0 Å². The van der Waals surface area contributed by atoms with Crippen molar-refractivity contribution in [1.82, 2.24) is 0 Å². The van der Waals surface area contributed by atoms with Crippen molar-refractivity contribution in [2.24, 2.45) is 11.8 Å². The van der Waals surface area contributed by atoms with Crippen LogP contribution in [0.2, 0.25) is 0 Å². The van der Waals surface area contributed by atoms with Gasteiger partial charge in [-0.3, -0.25) is 0 Å². The summed E-state index contributed by atoms with van der Waals surface area (Å²) >= 11 is 0. The van der Waals surface area contributed by atoms with Crippen LogP contribution in [0.4, 0.5) is 0 Å². The highest BCUT2D eigenvalue weighted by Gasteiger charge is 2.55. The van der Waals surface area contributed by atoms with E-state index in [0.29, 0.717) is 46.2 Å². The van der Waals surface area contributed by atoms with Gasteiger partial charge in [0.1, 0.15) is 48.8 Å². The van der Waals surface area contributed by atoms with Crippen LogP contribution in [0.3, 0.4) is 0 Å². The van der Waals surface area contributed by atoms with Gasteiger partial charge >= 0.3 is 0 Å². The predicted octanol–water partition coefficient (Wildman–Crippen LogP) is 8.68. The van der Waals surface area contributed by atoms with Crippen molar-refractivity contribution in [3.63, 3.8) is 0 Å². The number of hydrogen-bond donors (Lipinski definition) is 1. The van der Waals surface area contributed by atoms with Gasteiger partial charge in [0.2, 0.25) is 0 Å². The molecule has 0 bridgehead atoms. The Labute approximate surface area is 391 Å². The molecule has 5 rings (SSSR count). The first-order chi connectivity index (χ1) is 31.8. The second kappa shape index (κ2) is 30.3. The molecule has 0 spiro atoms. The number of rotatable bonds is 31. The highest BCUT2D eigenvalue weighted by Crippen LogP contribution is 2.40. The molecule has 0 amide bonds. The van der Waals surface area contributed by atoms with Crippen LogP contribution in [-0.2, 0) is 61.6 Å². The standard InChI is InChI=1S/C51H88O14/c1-9-15-26-53-32-38-45(42(55-28-17-11-3)35(7)48(60-38)58-31-20-14-6)64-49-36(8)43(56-29-18-12-4)46(39(61-49)33-54-27-16-10-2)65-51-47(57-30-19-13-5)41(52)44-40(62-51)34-59-50(63-44)37-24-22-21-23-25-37/h21-25,35-36,38-52H,9-20,26-34H2,1-8H3/t35-,36-,38?,39?,40?,41?,42?,43?,44+,45+,46+,47+,48+,49-,50?,51-/m0/s1. The summed E-state index contributed by atoms with van der Waals surface area (Å²) in [6.45, 7) is 21.1. The molecule has 0 radical (unpaired) electrons. The van der Waals surface area contributed by atoms with Gasteiger partial charge in [0, 0.05) is 57.0 Å². The number of aliphatic hydroxyl groups excluding tert-OH is 1. The maximum absolute atomic E-state index is 12.1. The Bertz CT molecular complexity index is 1360. The van der Waals surface area contributed by atoms with E-state index in [-0.39, 0.29) is 31.2 Å². The molecule has 0 aromatic heterocycles. The average molecular weight is 925 g/mol. The third-order valence-corrected chi connectivity index (χ3v) is 12.9. The Morgan fingerprint density at radius 3 is 1.51 bits per heavy atom. The fraction of sp³-hybridized carbons (Fsp3) is 0.882. The third-order valence-electron chi connectivity index (χ3n) is 12.9. The SMILES string of the molecule is CCCCOCC1O[C@@H](O[C@@H]2C(COCCCC)O[C@@H](OCCCC)[C@@H](C)C2OCCCC)[C@@H](C)C(OCCCC)[C@@H]1O[C@@H]1OC2COC(c3ccccc3)O[C@H]2C(O)[C@H]1OCCCC. The molecule has 7 unspecified atom stereocenters. The first-order valence-corrected chi connectivity index (χ1v) is 25.7. The molecule has 14 nitrogen and oxygen atoms in total. The average Bonchev–Trinajstić information content (AvgIpc) is 3.32. The molecule has 16 atom stereocenters. The minimum absolute atomic E-state index is 0.126. The Morgan fingerprint density at radius 1 is 0.508 bits per heavy atom. The molecule has 4 saturated heterocycles. The van der Waals surface area contributed by atoms with E-state index in [1.807, 2.05) is 30.3 Å². The highest BCUT2D eigenvalue weighted by molar-refractivity contribution is 5.16. The zero-order valence-corrected chi connectivity index (χ0v) is 41.2. The fourth-order valence-electron chi connectivity index (χ4n) is 8.79. The molecular formula is C51H88O14. The fourth-order valence-corrected chi connectivity index (χ4v) is 8.79. The smallest absolute Gasteiger partial charge is 0.187 e. The van der Waals surface area contributed by atoms with Crippen LogP contribution in [-0.4, -0.2) is 144 Å². The van der Waals surface area contributed by atoms with Gasteiger partial charge in [-0.25, -0.2) is 0 Å². The number of hydrogen-bond acceptors (Lipinski definition) is 14. The van der Waals surface area contributed by atoms with Gasteiger partial charge in [-0.2, -0.15) is 0 Å². The van der Waals surface area contributed by atoms with E-state index >= 15 is 0 Å². The zero-order valence-electron chi connectivity index (χ0n) is 41.2. The summed E-state index contributed by atoms with van der Waals surface area (Å²) in [5.74, 6) is -0.455. The van der Waals surface area contributed by atoms with Gasteiger partial charge in [0.15, 0.2) is 25.2 Å². The van der Waals surface area contributed by atoms with E-state index in [9.17, 15) is 5.11 Å². The Hall–Kier alpha value is -1.34. The zero-order chi connectivity index (χ0) is 46.4. The summed E-state index contributed by atoms with van der Waals surface area (Å²) in [4.78, 5) is 0. The van der Waals surface area contributed by atoms with Crippen LogP contribution >= 0.6 is 0 Å². The van der Waals surface area contributed by atoms with Crippen molar-refractivity contribution in [3.8, 4) is 0 Å². The van der Waals surface area contributed by atoms with Crippen LogP contribution in [0.1, 0.15) is 144 Å². The normalized spacial score (nSPS) is 35.3. The second-order valence-electron chi connectivity index (χ2n) is 18.4. The lowest BCUT2D eigenvalue weighted by Crippen LogP contribution is -2.66. The maximum Gasteiger partial charge on any atom is 0.187 e. The molecule has 1 aromatic rings. The largest absolute Gasteiger partial charge is 0.387 e. The van der Waals surface area contributed by atoms with E-state index in [0.717, 1.165) is 82.6 Å². The molecule has 14 heteroatoms. The molecular weight excluding hydrogens is 837 g/mol. The van der Waals surface area contributed by atoms with Crippen molar-refractivity contribution in [2.75, 3.05) is 59.5 Å². The molecule has 4 fully saturated rings. The van der Waals surface area contributed by atoms with E-state index in [2.05, 4.69) is 55.4 Å². The predicted molar refractivity (Wildman–Crippen MR) is 246 cm³/mol. The van der Waals surface area contributed by atoms with Gasteiger partial charge in [-0.05, 0) is 38.5 Å².